The van der Waals surface area contributed by atoms with Gasteiger partial charge < -0.3 is 25.2 Å². The van der Waals surface area contributed by atoms with Crippen molar-refractivity contribution in [3.8, 4) is 0 Å². The predicted octanol–water partition coefficient (Wildman–Crippen LogP) is 5.61. The highest BCUT2D eigenvalue weighted by Gasteiger charge is 2.31. The zero-order valence-corrected chi connectivity index (χ0v) is 23.5. The third kappa shape index (κ3) is 5.60. The lowest BCUT2D eigenvalue weighted by Crippen LogP contribution is -2.47. The fraction of sp³-hybridized carbons (Fsp3) is 0.222. The van der Waals surface area contributed by atoms with Crippen LogP contribution < -0.4 is 20.4 Å². The molecule has 5 rings (SSSR count). The van der Waals surface area contributed by atoms with E-state index in [-0.39, 0.29) is 11.0 Å². The molecule has 3 aromatic carbocycles. The maximum absolute atomic E-state index is 13.5. The van der Waals surface area contributed by atoms with Crippen molar-refractivity contribution in [2.24, 2.45) is 4.99 Å². The Hall–Kier alpha value is -2.88. The molecule has 11 heteroatoms. The molecule has 0 aliphatic carbocycles. The molecule has 2 N–H and O–H groups in total. The van der Waals surface area contributed by atoms with Gasteiger partial charge in [0.1, 0.15) is 0 Å². The van der Waals surface area contributed by atoms with Gasteiger partial charge in [-0.15, -0.1) is 0 Å². The van der Waals surface area contributed by atoms with Crippen LogP contribution in [-0.2, 0) is 9.53 Å². The zero-order valence-electron chi connectivity index (χ0n) is 20.4. The molecule has 2 aliphatic rings. The second kappa shape index (κ2) is 11.5. The minimum Gasteiger partial charge on any atom is -0.378 e. The van der Waals surface area contributed by atoms with Crippen LogP contribution in [0, 0.1) is 0 Å². The maximum Gasteiger partial charge on any atom is 0.272 e. The number of carbonyl (C=O) groups excluding carboxylic acids is 1. The summed E-state index contributed by atoms with van der Waals surface area (Å²) in [6, 6.07) is 18.3. The first-order chi connectivity index (χ1) is 18.3. The van der Waals surface area contributed by atoms with E-state index in [0.717, 1.165) is 18.8 Å². The summed E-state index contributed by atoms with van der Waals surface area (Å²) in [6.45, 7) is 2.90. The summed E-state index contributed by atoms with van der Waals surface area (Å²) in [4.78, 5) is 22.0. The van der Waals surface area contributed by atoms with E-state index in [1.165, 1.54) is 4.90 Å². The van der Waals surface area contributed by atoms with Crippen molar-refractivity contribution < 1.29 is 9.53 Å². The van der Waals surface area contributed by atoms with Crippen LogP contribution in [0.2, 0.25) is 15.1 Å². The Labute approximate surface area is 241 Å². The number of ether oxygens (including phenoxy) is 1. The van der Waals surface area contributed by atoms with Crippen LogP contribution >= 0.6 is 47.0 Å². The van der Waals surface area contributed by atoms with Crippen molar-refractivity contribution in [1.82, 2.24) is 5.32 Å². The first-order valence-corrected chi connectivity index (χ1v) is 13.5. The van der Waals surface area contributed by atoms with Gasteiger partial charge in [0, 0.05) is 47.0 Å². The maximum atomic E-state index is 13.5. The molecule has 0 radical (unpaired) electrons. The van der Waals surface area contributed by atoms with E-state index >= 15 is 0 Å². The molecule has 2 aliphatic heterocycles. The highest BCUT2D eigenvalue weighted by atomic mass is 35.5. The number of halogens is 3. The SMILES string of the molecule is CN1C(=O)C(NC(=S)Nc2ccc(N3CCOCC3)c(Cl)c2)N=C(c2ccccc2Cl)c2cc(Cl)ccc21. The lowest BCUT2D eigenvalue weighted by molar-refractivity contribution is -0.119. The van der Waals surface area contributed by atoms with Crippen LogP contribution in [0.4, 0.5) is 17.1 Å². The topological polar surface area (TPSA) is 69.2 Å². The molecule has 1 amide bonds. The van der Waals surface area contributed by atoms with Gasteiger partial charge in [0.05, 0.1) is 35.3 Å². The van der Waals surface area contributed by atoms with E-state index in [2.05, 4.69) is 15.5 Å². The molecular weight excluding hydrogens is 565 g/mol. The van der Waals surface area contributed by atoms with Gasteiger partial charge in [-0.3, -0.25) is 4.79 Å². The van der Waals surface area contributed by atoms with E-state index in [1.807, 2.05) is 30.3 Å². The number of fused-ring (bicyclic) bond motifs is 1. The molecule has 1 saturated heterocycles. The number of nitrogens with one attached hydrogen (secondary N) is 2. The number of anilines is 3. The Morgan fingerprint density at radius 2 is 1.71 bits per heavy atom. The number of aliphatic imine (C=N–C) groups is 1. The van der Waals surface area contributed by atoms with E-state index in [9.17, 15) is 4.79 Å². The Kier molecular flexibility index (Phi) is 8.07. The molecular formula is C27H24Cl3N5O2S. The number of hydrogen-bond donors (Lipinski definition) is 2. The van der Waals surface area contributed by atoms with Gasteiger partial charge in [0.25, 0.3) is 5.91 Å². The third-order valence-corrected chi connectivity index (χ3v) is 7.44. The quantitative estimate of drug-likeness (QED) is 0.386. The molecule has 0 aromatic heterocycles. The van der Waals surface area contributed by atoms with E-state index in [0.29, 0.717) is 56.5 Å². The summed E-state index contributed by atoms with van der Waals surface area (Å²) in [5.41, 5.74) is 4.18. The fourth-order valence-electron chi connectivity index (χ4n) is 4.45. The summed E-state index contributed by atoms with van der Waals surface area (Å²) in [5.74, 6) is -0.291. The predicted molar refractivity (Wildman–Crippen MR) is 160 cm³/mol. The third-order valence-electron chi connectivity index (χ3n) is 6.35. The number of thiocarbonyl (C=S) groups is 1. The standard InChI is InChI=1S/C27H24Cl3N5O2S/c1-34-22-8-6-16(28)14-19(22)24(18-4-2-3-5-20(18)29)32-25(26(34)36)33-27(38)31-17-7-9-23(21(30)15-17)35-10-12-37-13-11-35/h2-9,14-15,25H,10-13H2,1H3,(H2,31,33,38). The molecule has 1 fully saturated rings. The molecule has 3 aromatic rings. The minimum absolute atomic E-state index is 0.221. The fourth-order valence-corrected chi connectivity index (χ4v) is 5.37. The number of nitrogens with zero attached hydrogens (tertiary/aromatic N) is 3. The Morgan fingerprint density at radius 1 is 0.974 bits per heavy atom. The van der Waals surface area contributed by atoms with Crippen molar-refractivity contribution in [1.29, 1.82) is 0 Å². The van der Waals surface area contributed by atoms with Crippen molar-refractivity contribution in [2.45, 2.75) is 6.17 Å². The number of carbonyl (C=O) groups is 1. The Balaban J connectivity index is 1.42. The van der Waals surface area contributed by atoms with Crippen LogP contribution in [0.25, 0.3) is 0 Å². The molecule has 1 atom stereocenters. The first kappa shape index (κ1) is 26.7. The van der Waals surface area contributed by atoms with E-state index in [4.69, 9.17) is 56.7 Å². The van der Waals surface area contributed by atoms with Gasteiger partial charge in [0.15, 0.2) is 5.11 Å². The van der Waals surface area contributed by atoms with Crippen molar-refractivity contribution in [2.75, 3.05) is 48.5 Å². The van der Waals surface area contributed by atoms with Crippen LogP contribution in [0.15, 0.2) is 65.7 Å². The Morgan fingerprint density at radius 3 is 2.45 bits per heavy atom. The highest BCUT2D eigenvalue weighted by molar-refractivity contribution is 7.80. The summed E-state index contributed by atoms with van der Waals surface area (Å²) in [7, 11) is 1.69. The number of benzodiazepines with no additional fused rings is 1. The number of morpholine rings is 1. The van der Waals surface area contributed by atoms with Crippen molar-refractivity contribution in [3.63, 3.8) is 0 Å². The van der Waals surface area contributed by atoms with Crippen molar-refractivity contribution in [3.05, 3.63) is 86.9 Å². The number of hydrogen-bond acceptors (Lipinski definition) is 5. The lowest BCUT2D eigenvalue weighted by Gasteiger charge is -2.29. The number of likely N-dealkylation sites (N-methyl/N-ethyl adjacent to an activating group) is 1. The molecule has 0 spiro atoms. The van der Waals surface area contributed by atoms with Gasteiger partial charge in [-0.2, -0.15) is 0 Å². The van der Waals surface area contributed by atoms with Gasteiger partial charge in [-0.1, -0.05) is 53.0 Å². The summed E-state index contributed by atoms with van der Waals surface area (Å²) < 4.78 is 5.43. The van der Waals surface area contributed by atoms with Crippen LogP contribution in [0.1, 0.15) is 11.1 Å². The minimum atomic E-state index is -1.01. The molecule has 196 valence electrons. The smallest absolute Gasteiger partial charge is 0.272 e. The monoisotopic (exact) mass is 587 g/mol. The van der Waals surface area contributed by atoms with Gasteiger partial charge >= 0.3 is 0 Å². The molecule has 38 heavy (non-hydrogen) atoms. The average molecular weight is 589 g/mol. The molecule has 1 unspecified atom stereocenters. The normalized spacial score (nSPS) is 17.4. The average Bonchev–Trinajstić information content (AvgIpc) is 3.00. The van der Waals surface area contributed by atoms with Gasteiger partial charge in [-0.25, -0.2) is 4.99 Å². The van der Waals surface area contributed by atoms with Gasteiger partial charge in [0.2, 0.25) is 6.17 Å². The second-order valence-corrected chi connectivity index (χ2v) is 10.4. The second-order valence-electron chi connectivity index (χ2n) is 8.78. The van der Waals surface area contributed by atoms with E-state index in [1.54, 1.807) is 37.4 Å². The molecule has 2 heterocycles. The Bertz CT molecular complexity index is 1430. The van der Waals surface area contributed by atoms with Gasteiger partial charge in [-0.05, 0) is 54.7 Å². The van der Waals surface area contributed by atoms with E-state index < -0.39 is 6.17 Å². The zero-order chi connectivity index (χ0) is 26.8. The molecule has 0 saturated carbocycles. The molecule has 0 bridgehead atoms. The summed E-state index contributed by atoms with van der Waals surface area (Å²) in [5, 5.41) is 8.00. The van der Waals surface area contributed by atoms with Crippen molar-refractivity contribution >= 4 is 80.8 Å². The van der Waals surface area contributed by atoms with Crippen LogP contribution in [0.5, 0.6) is 0 Å². The summed E-state index contributed by atoms with van der Waals surface area (Å²) >= 11 is 25.0. The van der Waals surface area contributed by atoms with Crippen LogP contribution in [-0.4, -0.2) is 56.2 Å². The van der Waals surface area contributed by atoms with Crippen LogP contribution in [0.3, 0.4) is 0 Å². The number of amides is 1. The lowest BCUT2D eigenvalue weighted by atomic mass is 10.00. The largest absolute Gasteiger partial charge is 0.378 e. The molecule has 7 nitrogen and oxygen atoms in total. The number of rotatable bonds is 4. The number of benzene rings is 3. The summed E-state index contributed by atoms with van der Waals surface area (Å²) in [6.07, 6.45) is -1.01. The first-order valence-electron chi connectivity index (χ1n) is 11.9. The highest BCUT2D eigenvalue weighted by Crippen LogP contribution is 2.32.